The molecule has 0 saturated carbocycles. The van der Waals surface area contributed by atoms with Gasteiger partial charge in [0, 0.05) is 16.3 Å². The standard InChI is InChI=1S/C17H18ClNO4/c1-17(21,14-10-13(22-2)8-9-15(14)23-3)16(20)19-12-6-4-11(18)5-7-12/h4-10,21H,1-3H3,(H,19,20). The van der Waals surface area contributed by atoms with E-state index in [1.807, 2.05) is 0 Å². The number of amides is 1. The SMILES string of the molecule is COc1ccc(OC)c(C(C)(O)C(=O)Nc2ccc(Cl)cc2)c1. The molecule has 0 bridgehead atoms. The maximum Gasteiger partial charge on any atom is 0.260 e. The number of benzene rings is 2. The smallest absolute Gasteiger partial charge is 0.260 e. The van der Waals surface area contributed by atoms with Crippen molar-refractivity contribution in [3.8, 4) is 11.5 Å². The molecule has 0 saturated heterocycles. The average molecular weight is 336 g/mol. The van der Waals surface area contributed by atoms with Crippen LogP contribution in [0.3, 0.4) is 0 Å². The summed E-state index contributed by atoms with van der Waals surface area (Å²) in [6, 6.07) is 11.5. The highest BCUT2D eigenvalue weighted by Crippen LogP contribution is 2.34. The third-order valence-electron chi connectivity index (χ3n) is 3.48. The van der Waals surface area contributed by atoms with Crippen molar-refractivity contribution in [3.05, 3.63) is 53.1 Å². The fraction of sp³-hybridized carbons (Fsp3) is 0.235. The van der Waals surface area contributed by atoms with E-state index in [-0.39, 0.29) is 0 Å². The molecule has 0 radical (unpaired) electrons. The minimum absolute atomic E-state index is 0.311. The number of hydrogen-bond acceptors (Lipinski definition) is 4. The van der Waals surface area contributed by atoms with Crippen molar-refractivity contribution < 1.29 is 19.4 Å². The lowest BCUT2D eigenvalue weighted by Crippen LogP contribution is -2.37. The monoisotopic (exact) mass is 335 g/mol. The van der Waals surface area contributed by atoms with Crippen LogP contribution in [0, 0.1) is 0 Å². The summed E-state index contributed by atoms with van der Waals surface area (Å²) < 4.78 is 10.4. The van der Waals surface area contributed by atoms with Gasteiger partial charge in [0.2, 0.25) is 0 Å². The molecule has 0 spiro atoms. The summed E-state index contributed by atoms with van der Waals surface area (Å²) in [6.07, 6.45) is 0. The van der Waals surface area contributed by atoms with Crippen molar-refractivity contribution in [1.29, 1.82) is 0 Å². The Kier molecular flexibility index (Phi) is 5.13. The summed E-state index contributed by atoms with van der Waals surface area (Å²) in [7, 11) is 2.98. The zero-order chi connectivity index (χ0) is 17.0. The number of rotatable bonds is 5. The first-order valence-electron chi connectivity index (χ1n) is 6.90. The van der Waals surface area contributed by atoms with E-state index in [2.05, 4.69) is 5.32 Å². The second kappa shape index (κ2) is 6.89. The third kappa shape index (κ3) is 3.75. The van der Waals surface area contributed by atoms with Crippen LogP contribution in [-0.2, 0) is 10.4 Å². The molecule has 0 aliphatic heterocycles. The van der Waals surface area contributed by atoms with E-state index in [4.69, 9.17) is 21.1 Å². The molecule has 0 aliphatic carbocycles. The molecule has 23 heavy (non-hydrogen) atoms. The molecule has 2 rings (SSSR count). The van der Waals surface area contributed by atoms with Crippen LogP contribution in [0.15, 0.2) is 42.5 Å². The van der Waals surface area contributed by atoms with E-state index in [1.54, 1.807) is 42.5 Å². The van der Waals surface area contributed by atoms with Gasteiger partial charge in [0.1, 0.15) is 11.5 Å². The van der Waals surface area contributed by atoms with Crippen LogP contribution in [0.5, 0.6) is 11.5 Å². The molecule has 2 aromatic carbocycles. The van der Waals surface area contributed by atoms with E-state index >= 15 is 0 Å². The lowest BCUT2D eigenvalue weighted by molar-refractivity contribution is -0.133. The molecule has 2 N–H and O–H groups in total. The van der Waals surface area contributed by atoms with Crippen LogP contribution in [0.25, 0.3) is 0 Å². The van der Waals surface area contributed by atoms with Crippen molar-refractivity contribution in [2.75, 3.05) is 19.5 Å². The van der Waals surface area contributed by atoms with E-state index < -0.39 is 11.5 Å². The first-order chi connectivity index (χ1) is 10.9. The molecule has 1 unspecified atom stereocenters. The van der Waals surface area contributed by atoms with Crippen molar-refractivity contribution >= 4 is 23.2 Å². The number of nitrogens with one attached hydrogen (secondary N) is 1. The van der Waals surface area contributed by atoms with Gasteiger partial charge in [-0.15, -0.1) is 0 Å². The van der Waals surface area contributed by atoms with Crippen LogP contribution in [0.2, 0.25) is 5.02 Å². The highest BCUT2D eigenvalue weighted by molar-refractivity contribution is 6.30. The number of methoxy groups -OCH3 is 2. The zero-order valence-electron chi connectivity index (χ0n) is 13.1. The molecule has 122 valence electrons. The molecule has 0 aliphatic rings. The van der Waals surface area contributed by atoms with Crippen molar-refractivity contribution in [2.45, 2.75) is 12.5 Å². The summed E-state index contributed by atoms with van der Waals surface area (Å²) in [4.78, 5) is 12.5. The van der Waals surface area contributed by atoms with Gasteiger partial charge in [0.05, 0.1) is 14.2 Å². The molecule has 0 heterocycles. The molecule has 5 nitrogen and oxygen atoms in total. The molecular formula is C17H18ClNO4. The fourth-order valence-corrected chi connectivity index (χ4v) is 2.23. The van der Waals surface area contributed by atoms with Gasteiger partial charge >= 0.3 is 0 Å². The van der Waals surface area contributed by atoms with Crippen LogP contribution in [0.4, 0.5) is 5.69 Å². The highest BCUT2D eigenvalue weighted by atomic mass is 35.5. The number of carbonyl (C=O) groups is 1. The van der Waals surface area contributed by atoms with Crippen LogP contribution < -0.4 is 14.8 Å². The Balaban J connectivity index is 2.32. The normalized spacial score (nSPS) is 13.1. The van der Waals surface area contributed by atoms with Gasteiger partial charge in [-0.05, 0) is 49.4 Å². The van der Waals surface area contributed by atoms with Crippen molar-refractivity contribution in [3.63, 3.8) is 0 Å². The number of carbonyl (C=O) groups excluding carboxylic acids is 1. The second-order valence-corrected chi connectivity index (χ2v) is 5.54. The summed E-state index contributed by atoms with van der Waals surface area (Å²) in [5.41, 5.74) is -0.966. The Labute approximate surface area is 139 Å². The Morgan fingerprint density at radius 3 is 2.35 bits per heavy atom. The Morgan fingerprint density at radius 2 is 1.78 bits per heavy atom. The minimum Gasteiger partial charge on any atom is -0.497 e. The zero-order valence-corrected chi connectivity index (χ0v) is 13.8. The second-order valence-electron chi connectivity index (χ2n) is 5.10. The molecule has 6 heteroatoms. The minimum atomic E-state index is -1.81. The number of ether oxygens (including phenoxy) is 2. The quantitative estimate of drug-likeness (QED) is 0.880. The molecule has 1 atom stereocenters. The van der Waals surface area contributed by atoms with E-state index in [0.717, 1.165) is 0 Å². The Hall–Kier alpha value is -2.24. The van der Waals surface area contributed by atoms with Gasteiger partial charge in [-0.1, -0.05) is 11.6 Å². The van der Waals surface area contributed by atoms with E-state index in [1.165, 1.54) is 21.1 Å². The van der Waals surface area contributed by atoms with Gasteiger partial charge < -0.3 is 19.9 Å². The maximum absolute atomic E-state index is 12.5. The van der Waals surface area contributed by atoms with Crippen LogP contribution in [0.1, 0.15) is 12.5 Å². The van der Waals surface area contributed by atoms with Gasteiger partial charge in [0.25, 0.3) is 5.91 Å². The number of aliphatic hydroxyl groups is 1. The number of anilines is 1. The summed E-state index contributed by atoms with van der Waals surface area (Å²) in [5, 5.41) is 13.9. The first-order valence-corrected chi connectivity index (χ1v) is 7.28. The third-order valence-corrected chi connectivity index (χ3v) is 3.73. The Bertz CT molecular complexity index is 698. The maximum atomic E-state index is 12.5. The topological polar surface area (TPSA) is 67.8 Å². The molecule has 0 fully saturated rings. The average Bonchev–Trinajstić information content (AvgIpc) is 2.56. The fourth-order valence-electron chi connectivity index (χ4n) is 2.10. The van der Waals surface area contributed by atoms with Crippen molar-refractivity contribution in [2.24, 2.45) is 0 Å². The lowest BCUT2D eigenvalue weighted by atomic mass is 9.93. The van der Waals surface area contributed by atoms with Gasteiger partial charge in [0.15, 0.2) is 5.60 Å². The van der Waals surface area contributed by atoms with E-state index in [0.29, 0.717) is 27.8 Å². The molecule has 0 aromatic heterocycles. The van der Waals surface area contributed by atoms with Gasteiger partial charge in [-0.25, -0.2) is 0 Å². The summed E-state index contributed by atoms with van der Waals surface area (Å²) in [6.45, 7) is 1.40. The van der Waals surface area contributed by atoms with Gasteiger partial charge in [-0.2, -0.15) is 0 Å². The summed E-state index contributed by atoms with van der Waals surface area (Å²) >= 11 is 5.81. The highest BCUT2D eigenvalue weighted by Gasteiger charge is 2.35. The molecular weight excluding hydrogens is 318 g/mol. The van der Waals surface area contributed by atoms with Crippen molar-refractivity contribution in [1.82, 2.24) is 0 Å². The predicted molar refractivity (Wildman–Crippen MR) is 89.2 cm³/mol. The predicted octanol–water partition coefficient (Wildman–Crippen LogP) is 3.20. The Morgan fingerprint density at radius 1 is 1.13 bits per heavy atom. The number of halogens is 1. The molecule has 2 aromatic rings. The summed E-state index contributed by atoms with van der Waals surface area (Å²) in [5.74, 6) is 0.314. The number of hydrogen-bond donors (Lipinski definition) is 2. The largest absolute Gasteiger partial charge is 0.497 e. The van der Waals surface area contributed by atoms with Crippen LogP contribution in [-0.4, -0.2) is 25.2 Å². The van der Waals surface area contributed by atoms with Gasteiger partial charge in [-0.3, -0.25) is 4.79 Å². The van der Waals surface area contributed by atoms with Crippen LogP contribution >= 0.6 is 11.6 Å². The first kappa shape index (κ1) is 17.1. The van der Waals surface area contributed by atoms with E-state index in [9.17, 15) is 9.90 Å². The molecule has 1 amide bonds. The lowest BCUT2D eigenvalue weighted by Gasteiger charge is -2.25.